The Morgan fingerprint density at radius 1 is 1.11 bits per heavy atom. The van der Waals surface area contributed by atoms with Gasteiger partial charge in [0.2, 0.25) is 5.95 Å². The maximum Gasteiger partial charge on any atom is 0.322 e. The number of carbonyl (C=O) groups is 1. The molecule has 3 N–H and O–H groups in total. The molecule has 0 spiro atoms. The smallest absolute Gasteiger partial charge is 0.322 e. The number of halogens is 2. The molecule has 0 unspecified atom stereocenters. The van der Waals surface area contributed by atoms with E-state index in [1.54, 1.807) is 43.3 Å². The number of nitrogen functional groups attached to an aromatic ring is 1. The summed E-state index contributed by atoms with van der Waals surface area (Å²) in [6.45, 7) is 5.61. The van der Waals surface area contributed by atoms with E-state index in [0.717, 1.165) is 6.07 Å². The molecule has 0 atom stereocenters. The quantitative estimate of drug-likeness (QED) is 0.549. The number of anilines is 3. The van der Waals surface area contributed by atoms with E-state index in [-0.39, 0.29) is 24.2 Å². The van der Waals surface area contributed by atoms with Gasteiger partial charge in [-0.05, 0) is 35.7 Å². The number of pyridine rings is 1. The summed E-state index contributed by atoms with van der Waals surface area (Å²) in [7, 11) is 0. The minimum atomic E-state index is -0.806. The van der Waals surface area contributed by atoms with Crippen molar-refractivity contribution in [3.63, 3.8) is 0 Å². The number of urea groups is 1. The van der Waals surface area contributed by atoms with Crippen LogP contribution in [0.5, 0.6) is 5.75 Å². The van der Waals surface area contributed by atoms with Crippen LogP contribution in [0.25, 0.3) is 0 Å². The van der Waals surface area contributed by atoms with Crippen molar-refractivity contribution in [1.82, 2.24) is 19.9 Å². The SMILES string of the molecule is CC(C)c1cc(NC(=O)N2CCN(c3ncccc3OCc3ccnc(N)n3)CC2)c(F)cc1F. The Kier molecular flexibility index (Phi) is 7.23. The molecule has 9 nitrogen and oxygen atoms in total. The number of nitrogens with two attached hydrogens (primary N) is 1. The van der Waals surface area contributed by atoms with Crippen molar-refractivity contribution >= 4 is 23.5 Å². The van der Waals surface area contributed by atoms with Crippen LogP contribution < -0.4 is 20.7 Å². The van der Waals surface area contributed by atoms with Gasteiger partial charge in [0.25, 0.3) is 0 Å². The third-order valence-electron chi connectivity index (χ3n) is 5.67. The van der Waals surface area contributed by atoms with Gasteiger partial charge in [0, 0.05) is 44.6 Å². The molecule has 1 aliphatic rings. The number of benzene rings is 1. The van der Waals surface area contributed by atoms with Gasteiger partial charge in [0.1, 0.15) is 18.2 Å². The van der Waals surface area contributed by atoms with E-state index in [9.17, 15) is 13.6 Å². The molecule has 11 heteroatoms. The highest BCUT2D eigenvalue weighted by Crippen LogP contribution is 2.28. The molecule has 3 aromatic rings. The largest absolute Gasteiger partial charge is 0.483 e. The van der Waals surface area contributed by atoms with Crippen molar-refractivity contribution in [2.45, 2.75) is 26.4 Å². The molecular formula is C24H27F2N7O2. The first-order valence-corrected chi connectivity index (χ1v) is 11.3. The molecule has 0 aliphatic carbocycles. The van der Waals surface area contributed by atoms with Crippen LogP contribution in [0.4, 0.5) is 31.0 Å². The predicted molar refractivity (Wildman–Crippen MR) is 128 cm³/mol. The first kappa shape index (κ1) is 24.1. The second kappa shape index (κ2) is 10.5. The fraction of sp³-hybridized carbons (Fsp3) is 0.333. The highest BCUT2D eigenvalue weighted by atomic mass is 19.1. The minimum absolute atomic E-state index is 0.0340. The maximum atomic E-state index is 14.2. The van der Waals surface area contributed by atoms with E-state index in [1.807, 2.05) is 11.0 Å². The predicted octanol–water partition coefficient (Wildman–Crippen LogP) is 3.79. The standard InChI is InChI=1S/C24H27F2N7O2/c1-15(2)17-12-20(19(26)13-18(17)25)31-24(34)33-10-8-32(9-11-33)22-21(4-3-6-28-22)35-14-16-5-7-29-23(27)30-16/h3-7,12-13,15H,8-11,14H2,1-2H3,(H,31,34)(H2,27,29,30). The maximum absolute atomic E-state index is 14.2. The van der Waals surface area contributed by atoms with E-state index < -0.39 is 17.7 Å². The molecular weight excluding hydrogens is 456 g/mol. The van der Waals surface area contributed by atoms with E-state index in [4.69, 9.17) is 10.5 Å². The third kappa shape index (κ3) is 5.73. The lowest BCUT2D eigenvalue weighted by atomic mass is 10.0. The minimum Gasteiger partial charge on any atom is -0.483 e. The van der Waals surface area contributed by atoms with E-state index in [2.05, 4.69) is 20.3 Å². The molecule has 3 heterocycles. The van der Waals surface area contributed by atoms with Crippen LogP contribution in [0, 0.1) is 11.6 Å². The Labute approximate surface area is 201 Å². The molecule has 4 rings (SSSR count). The van der Waals surface area contributed by atoms with E-state index in [1.165, 1.54) is 6.07 Å². The van der Waals surface area contributed by atoms with Crippen LogP contribution in [-0.2, 0) is 6.61 Å². The van der Waals surface area contributed by atoms with Gasteiger partial charge in [-0.2, -0.15) is 0 Å². The third-order valence-corrected chi connectivity index (χ3v) is 5.67. The number of amides is 2. The van der Waals surface area contributed by atoms with Crippen molar-refractivity contribution in [3.8, 4) is 5.75 Å². The Morgan fingerprint density at radius 3 is 2.60 bits per heavy atom. The average Bonchev–Trinajstić information content (AvgIpc) is 2.84. The van der Waals surface area contributed by atoms with Crippen LogP contribution in [-0.4, -0.2) is 52.1 Å². The molecule has 0 radical (unpaired) electrons. The van der Waals surface area contributed by atoms with Crippen molar-refractivity contribution < 1.29 is 18.3 Å². The molecule has 0 saturated carbocycles. The van der Waals surface area contributed by atoms with Gasteiger partial charge in [0.05, 0.1) is 11.4 Å². The zero-order valence-electron chi connectivity index (χ0n) is 19.5. The number of hydrogen-bond donors (Lipinski definition) is 2. The summed E-state index contributed by atoms with van der Waals surface area (Å²) in [5.74, 6) is -0.164. The topological polar surface area (TPSA) is 110 Å². The summed E-state index contributed by atoms with van der Waals surface area (Å²) in [4.78, 5) is 28.8. The molecule has 2 aromatic heterocycles. The van der Waals surface area contributed by atoms with Crippen molar-refractivity contribution in [2.75, 3.05) is 42.1 Å². The normalized spacial score (nSPS) is 13.7. The summed E-state index contributed by atoms with van der Waals surface area (Å²) in [5.41, 5.74) is 6.58. The second-order valence-electron chi connectivity index (χ2n) is 8.43. The summed E-state index contributed by atoms with van der Waals surface area (Å²) in [6, 6.07) is 7.03. The summed E-state index contributed by atoms with van der Waals surface area (Å²) in [6.07, 6.45) is 3.24. The number of ether oxygens (including phenoxy) is 1. The molecule has 1 aromatic carbocycles. The molecule has 0 bridgehead atoms. The molecule has 1 fully saturated rings. The summed E-state index contributed by atoms with van der Waals surface area (Å²) in [5, 5.41) is 2.58. The molecule has 1 aliphatic heterocycles. The fourth-order valence-corrected chi connectivity index (χ4v) is 3.80. The van der Waals surface area contributed by atoms with Crippen LogP contribution >= 0.6 is 0 Å². The number of nitrogens with zero attached hydrogens (tertiary/aromatic N) is 5. The lowest BCUT2D eigenvalue weighted by Crippen LogP contribution is -2.50. The number of rotatable bonds is 6. The van der Waals surface area contributed by atoms with E-state index in [0.29, 0.717) is 49.0 Å². The zero-order chi connectivity index (χ0) is 24.9. The Hall–Kier alpha value is -4.02. The van der Waals surface area contributed by atoms with Crippen LogP contribution in [0.15, 0.2) is 42.7 Å². The first-order chi connectivity index (χ1) is 16.8. The summed E-state index contributed by atoms with van der Waals surface area (Å²) >= 11 is 0. The van der Waals surface area contributed by atoms with Gasteiger partial charge in [0.15, 0.2) is 11.6 Å². The van der Waals surface area contributed by atoms with Gasteiger partial charge in [-0.1, -0.05) is 13.8 Å². The Bertz CT molecular complexity index is 1200. The van der Waals surface area contributed by atoms with Crippen molar-refractivity contribution in [1.29, 1.82) is 0 Å². The zero-order valence-corrected chi connectivity index (χ0v) is 19.5. The fourth-order valence-electron chi connectivity index (χ4n) is 3.80. The first-order valence-electron chi connectivity index (χ1n) is 11.3. The number of carbonyl (C=O) groups excluding carboxylic acids is 1. The number of hydrogen-bond acceptors (Lipinski definition) is 7. The van der Waals surface area contributed by atoms with Gasteiger partial charge in [-0.15, -0.1) is 0 Å². The highest BCUT2D eigenvalue weighted by Gasteiger charge is 2.25. The van der Waals surface area contributed by atoms with Crippen LogP contribution in [0.1, 0.15) is 31.0 Å². The van der Waals surface area contributed by atoms with Gasteiger partial charge in [-0.25, -0.2) is 28.5 Å². The molecule has 2 amide bonds. The monoisotopic (exact) mass is 483 g/mol. The van der Waals surface area contributed by atoms with Gasteiger partial charge >= 0.3 is 6.03 Å². The molecule has 184 valence electrons. The van der Waals surface area contributed by atoms with Crippen molar-refractivity contribution in [3.05, 3.63) is 65.6 Å². The molecule has 1 saturated heterocycles. The second-order valence-corrected chi connectivity index (χ2v) is 8.43. The number of nitrogens with one attached hydrogen (secondary N) is 1. The number of aromatic nitrogens is 3. The van der Waals surface area contributed by atoms with Crippen molar-refractivity contribution in [2.24, 2.45) is 0 Å². The summed E-state index contributed by atoms with van der Waals surface area (Å²) < 4.78 is 34.2. The van der Waals surface area contributed by atoms with Gasteiger partial charge in [-0.3, -0.25) is 0 Å². The highest BCUT2D eigenvalue weighted by molar-refractivity contribution is 5.89. The Morgan fingerprint density at radius 2 is 1.89 bits per heavy atom. The van der Waals surface area contributed by atoms with Crippen LogP contribution in [0.3, 0.4) is 0 Å². The van der Waals surface area contributed by atoms with E-state index >= 15 is 0 Å². The lowest BCUT2D eigenvalue weighted by molar-refractivity contribution is 0.207. The van der Waals surface area contributed by atoms with Gasteiger partial charge < -0.3 is 25.6 Å². The van der Waals surface area contributed by atoms with Crippen LogP contribution in [0.2, 0.25) is 0 Å². The number of piperazine rings is 1. The Balaban J connectivity index is 1.38. The average molecular weight is 484 g/mol. The lowest BCUT2D eigenvalue weighted by Gasteiger charge is -2.35. The molecule has 35 heavy (non-hydrogen) atoms.